The van der Waals surface area contributed by atoms with E-state index in [1.54, 1.807) is 60.9 Å². The van der Waals surface area contributed by atoms with Gasteiger partial charge in [0.1, 0.15) is 11.5 Å². The Morgan fingerprint density at radius 3 is 2.44 bits per heavy atom. The topological polar surface area (TPSA) is 83.6 Å². The number of ketones is 1. The van der Waals surface area contributed by atoms with Gasteiger partial charge in [-0.05, 0) is 29.8 Å². The summed E-state index contributed by atoms with van der Waals surface area (Å²) in [6.45, 7) is 0.121. The van der Waals surface area contributed by atoms with Gasteiger partial charge in [-0.25, -0.2) is 0 Å². The van der Waals surface area contributed by atoms with E-state index in [-0.39, 0.29) is 17.9 Å². The predicted octanol–water partition coefficient (Wildman–Crippen LogP) is 3.30. The van der Waals surface area contributed by atoms with E-state index in [0.717, 1.165) is 0 Å². The number of nitrogens with zero attached hydrogens (tertiary/aromatic N) is 2. The van der Waals surface area contributed by atoms with Gasteiger partial charge in [-0.3, -0.25) is 14.6 Å². The maximum Gasteiger partial charge on any atom is 0.296 e. The van der Waals surface area contributed by atoms with Crippen LogP contribution >= 0.6 is 0 Å². The molecule has 0 bridgehead atoms. The standard InChI is InChI=1S/C21H16N2O4/c24-19(15-5-2-1-3-6-15)17-18(14-8-10-22-11-9-14)23(21(26)20(17)25)13-16-7-4-12-27-16/h1-12,18,24H,13H2/b19-17-. The lowest BCUT2D eigenvalue weighted by Gasteiger charge is -2.24. The zero-order chi connectivity index (χ0) is 18.8. The molecule has 3 heterocycles. The normalized spacial score (nSPS) is 18.8. The highest BCUT2D eigenvalue weighted by atomic mass is 16.3. The van der Waals surface area contributed by atoms with Crippen molar-refractivity contribution < 1.29 is 19.1 Å². The number of likely N-dealkylation sites (tertiary alicyclic amines) is 1. The third-order valence-corrected chi connectivity index (χ3v) is 4.52. The summed E-state index contributed by atoms with van der Waals surface area (Å²) in [5.74, 6) is -1.04. The molecule has 27 heavy (non-hydrogen) atoms. The predicted molar refractivity (Wildman–Crippen MR) is 97.2 cm³/mol. The van der Waals surface area contributed by atoms with Crippen LogP contribution in [0.3, 0.4) is 0 Å². The van der Waals surface area contributed by atoms with Gasteiger partial charge in [-0.2, -0.15) is 0 Å². The number of hydrogen-bond acceptors (Lipinski definition) is 5. The van der Waals surface area contributed by atoms with Crippen LogP contribution in [0.15, 0.2) is 83.2 Å². The summed E-state index contributed by atoms with van der Waals surface area (Å²) in [6, 6.07) is 14.9. The number of carbonyl (C=O) groups is 2. The number of aliphatic hydroxyl groups excluding tert-OH is 1. The van der Waals surface area contributed by atoms with Crippen molar-refractivity contribution in [2.75, 3.05) is 0 Å². The number of aromatic nitrogens is 1. The molecule has 0 spiro atoms. The molecule has 1 aromatic carbocycles. The first-order chi connectivity index (χ1) is 13.2. The molecular formula is C21H16N2O4. The Bertz CT molecular complexity index is 995. The molecule has 4 rings (SSSR count). The van der Waals surface area contributed by atoms with Gasteiger partial charge < -0.3 is 14.4 Å². The van der Waals surface area contributed by atoms with Crippen molar-refractivity contribution in [3.63, 3.8) is 0 Å². The van der Waals surface area contributed by atoms with Crippen molar-refractivity contribution in [3.8, 4) is 0 Å². The van der Waals surface area contributed by atoms with Crippen LogP contribution in [-0.4, -0.2) is 26.7 Å². The first-order valence-corrected chi connectivity index (χ1v) is 8.43. The zero-order valence-corrected chi connectivity index (χ0v) is 14.3. The number of rotatable bonds is 4. The molecule has 134 valence electrons. The van der Waals surface area contributed by atoms with Gasteiger partial charge in [-0.15, -0.1) is 0 Å². The minimum Gasteiger partial charge on any atom is -0.507 e. The van der Waals surface area contributed by atoms with Crippen LogP contribution in [0.1, 0.15) is 22.9 Å². The monoisotopic (exact) mass is 360 g/mol. The Hall–Kier alpha value is -3.67. The average molecular weight is 360 g/mol. The first kappa shape index (κ1) is 16.8. The van der Waals surface area contributed by atoms with E-state index in [4.69, 9.17) is 4.42 Å². The van der Waals surface area contributed by atoms with Crippen LogP contribution < -0.4 is 0 Å². The van der Waals surface area contributed by atoms with Crippen LogP contribution in [0.4, 0.5) is 0 Å². The Kier molecular flexibility index (Phi) is 4.30. The minimum atomic E-state index is -0.724. The molecule has 2 aromatic heterocycles. The molecule has 1 fully saturated rings. The molecule has 3 aromatic rings. The lowest BCUT2D eigenvalue weighted by Crippen LogP contribution is -2.29. The SMILES string of the molecule is O=C1C(=O)N(Cc2ccco2)C(c2ccncc2)/C1=C(/O)c1ccccc1. The number of amides is 1. The molecule has 1 aliphatic rings. The molecule has 1 aliphatic heterocycles. The molecule has 6 nitrogen and oxygen atoms in total. The summed E-state index contributed by atoms with van der Waals surface area (Å²) in [5, 5.41) is 10.8. The summed E-state index contributed by atoms with van der Waals surface area (Å²) in [7, 11) is 0. The molecule has 0 aliphatic carbocycles. The highest BCUT2D eigenvalue weighted by molar-refractivity contribution is 6.46. The van der Waals surface area contributed by atoms with Gasteiger partial charge in [0.25, 0.3) is 11.7 Å². The fourth-order valence-corrected chi connectivity index (χ4v) is 3.26. The summed E-state index contributed by atoms with van der Waals surface area (Å²) in [6.07, 6.45) is 4.69. The van der Waals surface area contributed by atoms with Crippen molar-refractivity contribution in [2.24, 2.45) is 0 Å². The van der Waals surface area contributed by atoms with E-state index < -0.39 is 17.7 Å². The van der Waals surface area contributed by atoms with Gasteiger partial charge in [0.2, 0.25) is 0 Å². The summed E-state index contributed by atoms with van der Waals surface area (Å²) < 4.78 is 5.35. The van der Waals surface area contributed by atoms with Crippen LogP contribution in [0.2, 0.25) is 0 Å². The van der Waals surface area contributed by atoms with Gasteiger partial charge >= 0.3 is 0 Å². The second-order valence-corrected chi connectivity index (χ2v) is 6.15. The van der Waals surface area contributed by atoms with E-state index in [1.165, 1.54) is 11.2 Å². The lowest BCUT2D eigenvalue weighted by atomic mass is 9.96. The quantitative estimate of drug-likeness (QED) is 0.438. The van der Waals surface area contributed by atoms with Crippen LogP contribution in [-0.2, 0) is 16.1 Å². The number of Topliss-reactive ketones (excluding diaryl/α,β-unsaturated/α-hetero) is 1. The van der Waals surface area contributed by atoms with Gasteiger partial charge in [-0.1, -0.05) is 30.3 Å². The Morgan fingerprint density at radius 1 is 1.04 bits per heavy atom. The van der Waals surface area contributed by atoms with Gasteiger partial charge in [0, 0.05) is 18.0 Å². The van der Waals surface area contributed by atoms with Gasteiger partial charge in [0.15, 0.2) is 0 Å². The number of pyridine rings is 1. The molecule has 1 unspecified atom stereocenters. The average Bonchev–Trinajstić information content (AvgIpc) is 3.31. The van der Waals surface area contributed by atoms with E-state index in [1.807, 2.05) is 6.07 Å². The van der Waals surface area contributed by atoms with Crippen molar-refractivity contribution in [3.05, 3.63) is 95.7 Å². The fourth-order valence-electron chi connectivity index (χ4n) is 3.26. The molecule has 1 N–H and O–H groups in total. The first-order valence-electron chi connectivity index (χ1n) is 8.43. The Labute approximate surface area is 155 Å². The Balaban J connectivity index is 1.86. The van der Waals surface area contributed by atoms with Gasteiger partial charge in [0.05, 0.1) is 24.4 Å². The number of aliphatic hydroxyl groups is 1. The summed E-state index contributed by atoms with van der Waals surface area (Å²) >= 11 is 0. The van der Waals surface area contributed by atoms with Crippen molar-refractivity contribution in [1.29, 1.82) is 0 Å². The van der Waals surface area contributed by atoms with Crippen LogP contribution in [0, 0.1) is 0 Å². The molecule has 0 saturated carbocycles. The molecule has 6 heteroatoms. The second kappa shape index (κ2) is 6.92. The maximum absolute atomic E-state index is 12.8. The highest BCUT2D eigenvalue weighted by Gasteiger charge is 2.46. The number of benzene rings is 1. The smallest absolute Gasteiger partial charge is 0.296 e. The number of hydrogen-bond donors (Lipinski definition) is 1. The zero-order valence-electron chi connectivity index (χ0n) is 14.3. The lowest BCUT2D eigenvalue weighted by molar-refractivity contribution is -0.140. The van der Waals surface area contributed by atoms with E-state index in [0.29, 0.717) is 16.9 Å². The third-order valence-electron chi connectivity index (χ3n) is 4.52. The molecule has 1 atom stereocenters. The number of carbonyl (C=O) groups excluding carboxylic acids is 2. The molecule has 1 saturated heterocycles. The summed E-state index contributed by atoms with van der Waals surface area (Å²) in [4.78, 5) is 30.9. The van der Waals surface area contributed by atoms with E-state index >= 15 is 0 Å². The molecular weight excluding hydrogens is 344 g/mol. The second-order valence-electron chi connectivity index (χ2n) is 6.15. The molecule has 1 amide bonds. The third kappa shape index (κ3) is 3.01. The largest absolute Gasteiger partial charge is 0.507 e. The van der Waals surface area contributed by atoms with E-state index in [2.05, 4.69) is 4.98 Å². The highest BCUT2D eigenvalue weighted by Crippen LogP contribution is 2.39. The minimum absolute atomic E-state index is 0.0592. The summed E-state index contributed by atoms with van der Waals surface area (Å²) in [5.41, 5.74) is 1.23. The fraction of sp³-hybridized carbons (Fsp3) is 0.0952. The Morgan fingerprint density at radius 2 is 1.78 bits per heavy atom. The van der Waals surface area contributed by atoms with E-state index in [9.17, 15) is 14.7 Å². The van der Waals surface area contributed by atoms with Crippen molar-refractivity contribution in [2.45, 2.75) is 12.6 Å². The van der Waals surface area contributed by atoms with Crippen molar-refractivity contribution in [1.82, 2.24) is 9.88 Å². The van der Waals surface area contributed by atoms with Crippen LogP contribution in [0.5, 0.6) is 0 Å². The molecule has 0 radical (unpaired) electrons. The maximum atomic E-state index is 12.8. The van der Waals surface area contributed by atoms with Crippen LogP contribution in [0.25, 0.3) is 5.76 Å². The van der Waals surface area contributed by atoms with Crippen molar-refractivity contribution >= 4 is 17.4 Å². The number of furan rings is 1.